The fourth-order valence-corrected chi connectivity index (χ4v) is 3.35. The zero-order valence-electron chi connectivity index (χ0n) is 13.5. The average Bonchev–Trinajstić information content (AvgIpc) is 2.99. The van der Waals surface area contributed by atoms with Crippen LogP contribution in [-0.2, 0) is 6.54 Å². The number of nitrogens with zero attached hydrogens (tertiary/aromatic N) is 2. The maximum Gasteiger partial charge on any atom is 0.504 e. The molecule has 1 N–H and O–H groups in total. The van der Waals surface area contributed by atoms with Crippen LogP contribution in [0.25, 0.3) is 0 Å². The fourth-order valence-electron chi connectivity index (χ4n) is 3.35. The largest absolute Gasteiger partial charge is 0.538 e. The SMILES string of the molecule is CC1=[N+](Cc2ccccc2OBO)C=CC2C1=Nc1ccccc12. The van der Waals surface area contributed by atoms with Crippen molar-refractivity contribution in [2.75, 3.05) is 0 Å². The minimum atomic E-state index is -0.320. The Labute approximate surface area is 141 Å². The first kappa shape index (κ1) is 14.9. The van der Waals surface area contributed by atoms with Crippen molar-refractivity contribution in [1.29, 1.82) is 0 Å². The van der Waals surface area contributed by atoms with Crippen LogP contribution >= 0.6 is 0 Å². The summed E-state index contributed by atoms with van der Waals surface area (Å²) in [4.78, 5) is 4.82. The number of aliphatic imine (C=N–C) groups is 1. The Morgan fingerprint density at radius 3 is 2.83 bits per heavy atom. The van der Waals surface area contributed by atoms with E-state index in [1.807, 2.05) is 30.3 Å². The lowest BCUT2D eigenvalue weighted by Gasteiger charge is -2.15. The second-order valence-corrected chi connectivity index (χ2v) is 5.97. The minimum Gasteiger partial charge on any atom is -0.538 e. The van der Waals surface area contributed by atoms with Crippen LogP contribution in [0.3, 0.4) is 0 Å². The summed E-state index contributed by atoms with van der Waals surface area (Å²) in [5, 5.41) is 9.05. The molecular weight excluding hydrogens is 299 g/mol. The number of hydrogen-bond donors (Lipinski definition) is 1. The van der Waals surface area contributed by atoms with E-state index in [2.05, 4.69) is 42.0 Å². The van der Waals surface area contributed by atoms with Crippen LogP contribution in [0, 0.1) is 0 Å². The number of para-hydroxylation sites is 2. The quantitative estimate of drug-likeness (QED) is 0.696. The van der Waals surface area contributed by atoms with E-state index in [-0.39, 0.29) is 13.6 Å². The summed E-state index contributed by atoms with van der Waals surface area (Å²) in [5.41, 5.74) is 5.63. The highest BCUT2D eigenvalue weighted by molar-refractivity contribution is 6.44. The summed E-state index contributed by atoms with van der Waals surface area (Å²) in [6.07, 6.45) is 4.32. The number of allylic oxidation sites excluding steroid dienone is 1. The van der Waals surface area contributed by atoms with Crippen molar-refractivity contribution in [2.45, 2.75) is 19.4 Å². The van der Waals surface area contributed by atoms with Crippen LogP contribution < -0.4 is 4.65 Å². The first-order chi connectivity index (χ1) is 11.8. The molecule has 0 spiro atoms. The molecule has 118 valence electrons. The predicted octanol–water partition coefficient (Wildman–Crippen LogP) is 2.69. The van der Waals surface area contributed by atoms with E-state index < -0.39 is 0 Å². The summed E-state index contributed by atoms with van der Waals surface area (Å²) < 4.78 is 7.50. The lowest BCUT2D eigenvalue weighted by Crippen LogP contribution is -2.28. The molecule has 2 heterocycles. The Balaban J connectivity index is 1.67. The van der Waals surface area contributed by atoms with Crippen LogP contribution in [0.4, 0.5) is 5.69 Å². The molecule has 24 heavy (non-hydrogen) atoms. The van der Waals surface area contributed by atoms with Crippen molar-refractivity contribution in [3.05, 3.63) is 71.9 Å². The molecule has 1 atom stereocenters. The lowest BCUT2D eigenvalue weighted by atomic mass is 9.92. The van der Waals surface area contributed by atoms with E-state index in [0.717, 1.165) is 22.7 Å². The van der Waals surface area contributed by atoms with Gasteiger partial charge in [-0.2, -0.15) is 4.58 Å². The molecule has 2 aliphatic heterocycles. The zero-order chi connectivity index (χ0) is 16.5. The highest BCUT2D eigenvalue weighted by atomic mass is 16.5. The van der Waals surface area contributed by atoms with E-state index in [1.165, 1.54) is 5.56 Å². The molecule has 5 heteroatoms. The van der Waals surface area contributed by atoms with Crippen LogP contribution in [0.1, 0.15) is 24.0 Å². The smallest absolute Gasteiger partial charge is 0.504 e. The van der Waals surface area contributed by atoms with Crippen molar-refractivity contribution in [3.63, 3.8) is 0 Å². The Kier molecular flexibility index (Phi) is 3.79. The van der Waals surface area contributed by atoms with Crippen LogP contribution in [0.15, 0.2) is 65.8 Å². The van der Waals surface area contributed by atoms with Crippen LogP contribution in [0.2, 0.25) is 0 Å². The van der Waals surface area contributed by atoms with Gasteiger partial charge in [-0.05, 0) is 29.8 Å². The molecule has 0 aromatic heterocycles. The number of rotatable bonds is 4. The van der Waals surface area contributed by atoms with Gasteiger partial charge in [-0.15, -0.1) is 0 Å². The zero-order valence-corrected chi connectivity index (χ0v) is 13.5. The number of hydrogen-bond acceptors (Lipinski definition) is 3. The van der Waals surface area contributed by atoms with E-state index in [4.69, 9.17) is 14.7 Å². The summed E-state index contributed by atoms with van der Waals surface area (Å²) >= 11 is 0. The van der Waals surface area contributed by atoms with Gasteiger partial charge in [0.05, 0.1) is 17.2 Å². The highest BCUT2D eigenvalue weighted by Crippen LogP contribution is 2.37. The third-order valence-corrected chi connectivity index (χ3v) is 4.60. The van der Waals surface area contributed by atoms with Gasteiger partial charge < -0.3 is 9.68 Å². The fraction of sp³-hybridized carbons (Fsp3) is 0.158. The Morgan fingerprint density at radius 1 is 1.17 bits per heavy atom. The normalized spacial score (nSPS) is 18.1. The average molecular weight is 317 g/mol. The maximum absolute atomic E-state index is 9.05. The van der Waals surface area contributed by atoms with Gasteiger partial charge >= 0.3 is 7.69 Å². The molecule has 2 aromatic rings. The van der Waals surface area contributed by atoms with Crippen molar-refractivity contribution >= 4 is 24.8 Å². The van der Waals surface area contributed by atoms with Gasteiger partial charge in [-0.3, -0.25) is 0 Å². The number of fused-ring (bicyclic) bond motifs is 3. The molecule has 1 unspecified atom stereocenters. The van der Waals surface area contributed by atoms with Gasteiger partial charge in [0.15, 0.2) is 12.7 Å². The number of benzene rings is 2. The van der Waals surface area contributed by atoms with Gasteiger partial charge in [0.25, 0.3) is 0 Å². The first-order valence-corrected chi connectivity index (χ1v) is 8.06. The summed E-state index contributed by atoms with van der Waals surface area (Å²) in [5.74, 6) is 0.960. The minimum absolute atomic E-state index is 0.251. The van der Waals surface area contributed by atoms with E-state index in [1.54, 1.807) is 0 Å². The monoisotopic (exact) mass is 317 g/mol. The van der Waals surface area contributed by atoms with E-state index in [0.29, 0.717) is 12.3 Å². The molecule has 0 radical (unpaired) electrons. The molecule has 4 rings (SSSR count). The predicted molar refractivity (Wildman–Crippen MR) is 96.5 cm³/mol. The molecule has 0 aliphatic carbocycles. The topological polar surface area (TPSA) is 44.8 Å². The molecule has 2 aromatic carbocycles. The van der Waals surface area contributed by atoms with Gasteiger partial charge in [-0.1, -0.05) is 30.3 Å². The summed E-state index contributed by atoms with van der Waals surface area (Å²) in [6.45, 7) is 2.79. The lowest BCUT2D eigenvalue weighted by molar-refractivity contribution is -0.474. The van der Waals surface area contributed by atoms with E-state index >= 15 is 0 Å². The van der Waals surface area contributed by atoms with Crippen molar-refractivity contribution < 1.29 is 14.3 Å². The molecule has 2 aliphatic rings. The second kappa shape index (κ2) is 6.09. The molecule has 0 amide bonds. The molecule has 4 nitrogen and oxygen atoms in total. The van der Waals surface area contributed by atoms with Crippen molar-refractivity contribution in [1.82, 2.24) is 0 Å². The van der Waals surface area contributed by atoms with Crippen molar-refractivity contribution in [2.24, 2.45) is 4.99 Å². The van der Waals surface area contributed by atoms with Gasteiger partial charge in [0.2, 0.25) is 5.71 Å². The highest BCUT2D eigenvalue weighted by Gasteiger charge is 2.34. The first-order valence-electron chi connectivity index (χ1n) is 8.06. The third kappa shape index (κ3) is 2.47. The molecule has 0 saturated heterocycles. The van der Waals surface area contributed by atoms with Gasteiger partial charge in [0.1, 0.15) is 11.5 Å². The molecular formula is C19H18BN2O2+. The van der Waals surface area contributed by atoms with Crippen LogP contribution in [-0.4, -0.2) is 28.7 Å². The van der Waals surface area contributed by atoms with Crippen molar-refractivity contribution in [3.8, 4) is 5.75 Å². The Hall–Kier alpha value is -2.66. The van der Waals surface area contributed by atoms with Gasteiger partial charge in [0, 0.05) is 6.92 Å². The Bertz CT molecular complexity index is 886. The van der Waals surface area contributed by atoms with E-state index in [9.17, 15) is 0 Å². The standard InChI is InChI=1S/C19H18BN2O2/c1-13-19-16(15-7-3-4-8-17(15)21-19)10-11-22(13)12-14-6-2-5-9-18(14)24-20-23/h2-11,16,20,23H,12H2,1H3/q+1. The maximum atomic E-state index is 9.05. The summed E-state index contributed by atoms with van der Waals surface area (Å²) in [6, 6.07) is 16.1. The third-order valence-electron chi connectivity index (χ3n) is 4.60. The van der Waals surface area contributed by atoms with Gasteiger partial charge in [-0.25, -0.2) is 4.99 Å². The molecule has 0 fully saturated rings. The van der Waals surface area contributed by atoms with Crippen LogP contribution in [0.5, 0.6) is 5.75 Å². The second-order valence-electron chi connectivity index (χ2n) is 5.97. The summed E-state index contributed by atoms with van der Waals surface area (Å²) in [7, 11) is -0.320. The molecule has 0 bridgehead atoms. The Morgan fingerprint density at radius 2 is 1.96 bits per heavy atom. The molecule has 0 saturated carbocycles.